The normalized spacial score (nSPS) is 10.4. The molecule has 1 amide bonds. The lowest BCUT2D eigenvalue weighted by molar-refractivity contribution is 0.0956. The van der Waals surface area contributed by atoms with E-state index in [4.69, 9.17) is 16.4 Å². The van der Waals surface area contributed by atoms with Crippen molar-refractivity contribution in [2.24, 2.45) is 10.8 Å². The van der Waals surface area contributed by atoms with Gasteiger partial charge in [0, 0.05) is 12.1 Å². The fraction of sp³-hybridized carbons (Fsp3) is 0.167. The van der Waals surface area contributed by atoms with Crippen LogP contribution < -0.4 is 16.5 Å². The third-order valence-corrected chi connectivity index (χ3v) is 2.14. The second kappa shape index (κ2) is 6.76. The molecule has 0 atom stereocenters. The van der Waals surface area contributed by atoms with Gasteiger partial charge in [-0.25, -0.2) is 0 Å². The van der Waals surface area contributed by atoms with Crippen LogP contribution >= 0.6 is 0 Å². The van der Waals surface area contributed by atoms with Crippen molar-refractivity contribution in [2.45, 2.75) is 6.92 Å². The minimum Gasteiger partial charge on any atom is -0.382 e. The summed E-state index contributed by atoms with van der Waals surface area (Å²) >= 11 is 0. The van der Waals surface area contributed by atoms with Crippen LogP contribution in [0, 0.1) is 16.7 Å². The summed E-state index contributed by atoms with van der Waals surface area (Å²) in [6.07, 6.45) is 0. The number of hydrogen-bond donors (Lipinski definition) is 4. The van der Waals surface area contributed by atoms with Crippen molar-refractivity contribution in [1.29, 1.82) is 10.7 Å². The third kappa shape index (κ3) is 4.12. The van der Waals surface area contributed by atoms with E-state index in [1.807, 2.05) is 6.92 Å². The molecule has 0 bridgehead atoms. The van der Waals surface area contributed by atoms with Crippen molar-refractivity contribution < 1.29 is 4.79 Å². The van der Waals surface area contributed by atoms with E-state index >= 15 is 0 Å². The number of rotatable bonds is 5. The minimum atomic E-state index is -0.408. The Balaban J connectivity index is 2.75. The Labute approximate surface area is 110 Å². The van der Waals surface area contributed by atoms with Crippen molar-refractivity contribution >= 4 is 23.1 Å². The number of nitriles is 1. The van der Waals surface area contributed by atoms with Crippen LogP contribution in [0.4, 0.5) is 5.69 Å². The molecule has 0 spiro atoms. The number of amidine groups is 1. The van der Waals surface area contributed by atoms with E-state index in [-0.39, 0.29) is 11.6 Å². The molecule has 5 N–H and O–H groups in total. The topological polar surface area (TPSA) is 127 Å². The summed E-state index contributed by atoms with van der Waals surface area (Å²) in [4.78, 5) is 11.5. The number of anilines is 1. The summed E-state index contributed by atoms with van der Waals surface area (Å²) in [6.45, 7) is 2.40. The molecular weight excluding hydrogens is 244 g/mol. The zero-order valence-electron chi connectivity index (χ0n) is 10.4. The molecule has 0 aliphatic carbocycles. The lowest BCUT2D eigenvalue weighted by atomic mass is 10.2. The predicted molar refractivity (Wildman–Crippen MR) is 73.0 cm³/mol. The summed E-state index contributed by atoms with van der Waals surface area (Å²) in [5, 5.41) is 22.1. The maximum Gasteiger partial charge on any atom is 0.251 e. The van der Waals surface area contributed by atoms with Crippen LogP contribution in [0.15, 0.2) is 29.4 Å². The molecule has 1 rings (SSSR count). The highest BCUT2D eigenvalue weighted by Gasteiger charge is 2.04. The Morgan fingerprint density at radius 3 is 2.58 bits per heavy atom. The van der Waals surface area contributed by atoms with Gasteiger partial charge in [-0.15, -0.1) is 0 Å². The number of benzene rings is 1. The van der Waals surface area contributed by atoms with Gasteiger partial charge in [-0.05, 0) is 31.2 Å². The van der Waals surface area contributed by atoms with Crippen LogP contribution in [0.2, 0.25) is 0 Å². The SMILES string of the molecule is CCNC(=O)c1ccc(N/N=C(\C#N)C(=N)N)cc1. The number of nitrogens with one attached hydrogen (secondary N) is 3. The molecule has 0 heterocycles. The molecule has 0 saturated carbocycles. The number of nitrogens with zero attached hydrogens (tertiary/aromatic N) is 2. The van der Waals surface area contributed by atoms with E-state index in [1.54, 1.807) is 30.3 Å². The molecule has 19 heavy (non-hydrogen) atoms. The Kier molecular flexibility index (Phi) is 5.04. The van der Waals surface area contributed by atoms with Crippen LogP contribution in [0.1, 0.15) is 17.3 Å². The van der Waals surface area contributed by atoms with Gasteiger partial charge >= 0.3 is 0 Å². The van der Waals surface area contributed by atoms with Gasteiger partial charge in [0.2, 0.25) is 5.71 Å². The number of nitrogens with two attached hydrogens (primary N) is 1. The first-order valence-corrected chi connectivity index (χ1v) is 5.55. The van der Waals surface area contributed by atoms with Crippen LogP contribution in [0.3, 0.4) is 0 Å². The largest absolute Gasteiger partial charge is 0.382 e. The smallest absolute Gasteiger partial charge is 0.251 e. The van der Waals surface area contributed by atoms with Crippen molar-refractivity contribution in [3.8, 4) is 6.07 Å². The molecule has 1 aromatic rings. The van der Waals surface area contributed by atoms with Gasteiger partial charge in [-0.3, -0.25) is 15.6 Å². The highest BCUT2D eigenvalue weighted by Crippen LogP contribution is 2.09. The molecule has 0 saturated heterocycles. The predicted octanol–water partition coefficient (Wildman–Crippen LogP) is 0.664. The van der Waals surface area contributed by atoms with Crippen molar-refractivity contribution in [1.82, 2.24) is 5.32 Å². The van der Waals surface area contributed by atoms with Crippen LogP contribution in [-0.4, -0.2) is 24.0 Å². The van der Waals surface area contributed by atoms with Gasteiger partial charge in [0.15, 0.2) is 5.84 Å². The first-order valence-electron chi connectivity index (χ1n) is 5.55. The second-order valence-electron chi connectivity index (χ2n) is 3.53. The van der Waals surface area contributed by atoms with Crippen LogP contribution in [-0.2, 0) is 0 Å². The Hall–Kier alpha value is -2.88. The molecular formula is C12H14N6O. The van der Waals surface area contributed by atoms with Gasteiger partial charge in [-0.2, -0.15) is 10.4 Å². The molecule has 7 nitrogen and oxygen atoms in total. The van der Waals surface area contributed by atoms with Crippen molar-refractivity contribution in [3.05, 3.63) is 29.8 Å². The van der Waals surface area contributed by atoms with Gasteiger partial charge in [0.25, 0.3) is 5.91 Å². The maximum absolute atomic E-state index is 11.5. The Morgan fingerprint density at radius 1 is 1.47 bits per heavy atom. The van der Waals surface area contributed by atoms with Crippen molar-refractivity contribution in [2.75, 3.05) is 12.0 Å². The van der Waals surface area contributed by atoms with E-state index in [0.717, 1.165) is 0 Å². The van der Waals surface area contributed by atoms with Gasteiger partial charge in [0.05, 0.1) is 5.69 Å². The molecule has 0 fully saturated rings. The zero-order chi connectivity index (χ0) is 14.3. The quantitative estimate of drug-likeness (QED) is 0.351. The van der Waals surface area contributed by atoms with Gasteiger partial charge < -0.3 is 11.1 Å². The molecule has 0 unspecified atom stereocenters. The van der Waals surface area contributed by atoms with E-state index in [0.29, 0.717) is 17.8 Å². The van der Waals surface area contributed by atoms with Crippen molar-refractivity contribution in [3.63, 3.8) is 0 Å². The van der Waals surface area contributed by atoms with Gasteiger partial charge in [-0.1, -0.05) is 0 Å². The minimum absolute atomic E-state index is 0.154. The zero-order valence-corrected chi connectivity index (χ0v) is 10.4. The highest BCUT2D eigenvalue weighted by atomic mass is 16.1. The number of hydrazone groups is 1. The molecule has 7 heteroatoms. The molecule has 0 aromatic heterocycles. The number of amides is 1. The molecule has 1 aromatic carbocycles. The van der Waals surface area contributed by atoms with E-state index < -0.39 is 5.84 Å². The van der Waals surface area contributed by atoms with Crippen LogP contribution in [0.25, 0.3) is 0 Å². The lowest BCUT2D eigenvalue weighted by Crippen LogP contribution is -2.22. The monoisotopic (exact) mass is 258 g/mol. The Morgan fingerprint density at radius 2 is 2.11 bits per heavy atom. The fourth-order valence-electron chi connectivity index (χ4n) is 1.22. The molecule has 0 aliphatic rings. The summed E-state index contributed by atoms with van der Waals surface area (Å²) < 4.78 is 0. The van der Waals surface area contributed by atoms with E-state index in [1.165, 1.54) is 0 Å². The molecule has 0 aliphatic heterocycles. The third-order valence-electron chi connectivity index (χ3n) is 2.14. The average Bonchev–Trinajstić information content (AvgIpc) is 2.40. The van der Waals surface area contributed by atoms with E-state index in [9.17, 15) is 4.79 Å². The van der Waals surface area contributed by atoms with Crippen LogP contribution in [0.5, 0.6) is 0 Å². The molecule has 0 radical (unpaired) electrons. The number of carbonyl (C=O) groups excluding carboxylic acids is 1. The number of hydrogen-bond acceptors (Lipinski definition) is 5. The average molecular weight is 258 g/mol. The second-order valence-corrected chi connectivity index (χ2v) is 3.53. The summed E-state index contributed by atoms with van der Waals surface area (Å²) in [6, 6.07) is 8.23. The Bertz CT molecular complexity index is 540. The molecule has 98 valence electrons. The summed E-state index contributed by atoms with van der Waals surface area (Å²) in [5.74, 6) is -0.562. The maximum atomic E-state index is 11.5. The van der Waals surface area contributed by atoms with Gasteiger partial charge in [0.1, 0.15) is 6.07 Å². The fourth-order valence-corrected chi connectivity index (χ4v) is 1.22. The highest BCUT2D eigenvalue weighted by molar-refractivity contribution is 6.45. The summed E-state index contributed by atoms with van der Waals surface area (Å²) in [7, 11) is 0. The lowest BCUT2D eigenvalue weighted by Gasteiger charge is -2.04. The first kappa shape index (κ1) is 14.2. The number of carbonyl (C=O) groups is 1. The standard InChI is InChI=1S/C12H14N6O/c1-2-16-12(19)8-3-5-9(6-4-8)17-18-10(7-13)11(14)15/h3-6,17H,2H2,1H3,(H3,14,15)(H,16,19)/b18-10+. The summed E-state index contributed by atoms with van der Waals surface area (Å²) in [5.41, 5.74) is 8.65. The van der Waals surface area contributed by atoms with E-state index in [2.05, 4.69) is 15.8 Å². The first-order chi connectivity index (χ1) is 9.08.